The highest BCUT2D eigenvalue weighted by Crippen LogP contribution is 2.19. The minimum absolute atomic E-state index is 0.0236. The zero-order valence-electron chi connectivity index (χ0n) is 25.1. The van der Waals surface area contributed by atoms with Crippen LogP contribution in [0.3, 0.4) is 0 Å². The molecule has 2 aromatic rings. The lowest BCUT2D eigenvalue weighted by atomic mass is 10.0. The number of fused-ring (bicyclic) bond motifs is 1. The van der Waals surface area contributed by atoms with E-state index in [1.807, 2.05) is 24.3 Å². The lowest BCUT2D eigenvalue weighted by Gasteiger charge is -2.24. The topological polar surface area (TPSA) is 300 Å². The third-order valence-corrected chi connectivity index (χ3v) is 7.95. The number of amides is 5. The van der Waals surface area contributed by atoms with E-state index in [-0.39, 0.29) is 43.3 Å². The number of hydrogen-bond acceptors (Lipinski definition) is 9. The van der Waals surface area contributed by atoms with Crippen LogP contribution in [0, 0.1) is 0 Å². The van der Waals surface area contributed by atoms with Gasteiger partial charge >= 0.3 is 11.9 Å². The van der Waals surface area contributed by atoms with Gasteiger partial charge in [0.1, 0.15) is 24.2 Å². The summed E-state index contributed by atoms with van der Waals surface area (Å²) in [5.41, 5.74) is 12.2. The highest BCUT2D eigenvalue weighted by molar-refractivity contribution is 8.00. The minimum Gasteiger partial charge on any atom is -0.481 e. The van der Waals surface area contributed by atoms with Gasteiger partial charge in [-0.1, -0.05) is 18.2 Å². The molecular weight excluding hydrogens is 638 g/mol. The Labute approximate surface area is 272 Å². The van der Waals surface area contributed by atoms with Gasteiger partial charge < -0.3 is 53.2 Å². The minimum atomic E-state index is -1.67. The van der Waals surface area contributed by atoms with Crippen LogP contribution in [0.5, 0.6) is 0 Å². The normalized spacial score (nSPS) is 22.0. The predicted octanol–water partition coefficient (Wildman–Crippen LogP) is -2.87. The lowest BCUT2D eigenvalue weighted by molar-refractivity contribution is -0.143. The Morgan fingerprint density at radius 2 is 1.60 bits per heavy atom. The fraction of sp³-hybridized carbons (Fsp3) is 0.429. The molecule has 0 saturated carbocycles. The van der Waals surface area contributed by atoms with E-state index >= 15 is 0 Å². The molecule has 47 heavy (non-hydrogen) atoms. The summed E-state index contributed by atoms with van der Waals surface area (Å²) in [6.45, 7) is -0.589. The summed E-state index contributed by atoms with van der Waals surface area (Å²) in [5, 5.41) is 31.6. The van der Waals surface area contributed by atoms with Crippen LogP contribution in [0.15, 0.2) is 35.5 Å². The van der Waals surface area contributed by atoms with Crippen molar-refractivity contribution >= 4 is 70.1 Å². The molecule has 18 nitrogen and oxygen atoms in total. The number of aliphatic imine (C=N–C) groups is 1. The van der Waals surface area contributed by atoms with E-state index in [4.69, 9.17) is 11.5 Å². The number of aliphatic carboxylic acids is 2. The summed E-state index contributed by atoms with van der Waals surface area (Å²) < 4.78 is 0. The summed E-state index contributed by atoms with van der Waals surface area (Å²) in [4.78, 5) is 95.4. The number of rotatable bonds is 9. The van der Waals surface area contributed by atoms with Crippen LogP contribution < -0.4 is 38.1 Å². The van der Waals surface area contributed by atoms with Crippen molar-refractivity contribution in [2.75, 3.05) is 24.6 Å². The first-order valence-electron chi connectivity index (χ1n) is 14.4. The molecule has 0 bridgehead atoms. The molecule has 0 spiro atoms. The number of nitrogens with one attached hydrogen (secondary N) is 6. The Kier molecular flexibility index (Phi) is 13.4. The quantitative estimate of drug-likeness (QED) is 0.0729. The summed E-state index contributed by atoms with van der Waals surface area (Å²) in [6, 6.07) is 1.71. The van der Waals surface area contributed by atoms with Gasteiger partial charge in [-0.3, -0.25) is 33.8 Å². The maximum absolute atomic E-state index is 13.6. The van der Waals surface area contributed by atoms with Gasteiger partial charge in [0.15, 0.2) is 5.96 Å². The predicted molar refractivity (Wildman–Crippen MR) is 170 cm³/mol. The van der Waals surface area contributed by atoms with Crippen LogP contribution in [-0.4, -0.2) is 111 Å². The number of para-hydroxylation sites is 1. The van der Waals surface area contributed by atoms with Gasteiger partial charge in [0.05, 0.1) is 18.7 Å². The van der Waals surface area contributed by atoms with E-state index < -0.39 is 78.6 Å². The molecule has 1 aliphatic heterocycles. The van der Waals surface area contributed by atoms with Crippen LogP contribution in [0.2, 0.25) is 0 Å². The van der Waals surface area contributed by atoms with E-state index in [1.165, 1.54) is 0 Å². The second-order valence-corrected chi connectivity index (χ2v) is 11.6. The van der Waals surface area contributed by atoms with E-state index in [0.717, 1.165) is 22.7 Å². The summed E-state index contributed by atoms with van der Waals surface area (Å²) in [5.74, 6) is -7.87. The molecule has 1 aromatic heterocycles. The van der Waals surface area contributed by atoms with Gasteiger partial charge in [0.2, 0.25) is 29.5 Å². The molecule has 2 heterocycles. The summed E-state index contributed by atoms with van der Waals surface area (Å²) >= 11 is 0.843. The van der Waals surface area contributed by atoms with E-state index in [0.29, 0.717) is 5.56 Å². The number of carboxylic acid groups (broad SMARTS) is 2. The number of nitrogens with zero attached hydrogens (tertiary/aromatic N) is 1. The highest BCUT2D eigenvalue weighted by atomic mass is 32.2. The number of hydrogen-bond donors (Lipinski definition) is 10. The molecule has 1 aromatic carbocycles. The standard InChI is InChI=1S/C28H37N9O9S/c29-28(30)31-7-3-6-17-24(42)33-11-21(38)34-19(9-23(40)41)26(44)37-20(27(45)46)12-47-13-22(39)35-18(25(43)36-17)8-14-10-32-16-5-2-1-4-15(14)16/h1-2,4-5,10,17-20,32H,3,6-9,11-13H2,(H,33,42)(H,34,38)(H,35,39)(H,36,43)(H,37,44)(H,40,41)(H,45,46)(H4,29,30,31)/t17-,18-,19-,20-/m0/s1. The van der Waals surface area contributed by atoms with Crippen molar-refractivity contribution in [3.05, 3.63) is 36.0 Å². The van der Waals surface area contributed by atoms with Gasteiger partial charge in [0.25, 0.3) is 0 Å². The van der Waals surface area contributed by atoms with E-state index in [1.54, 1.807) is 6.20 Å². The highest BCUT2D eigenvalue weighted by Gasteiger charge is 2.31. The van der Waals surface area contributed by atoms with E-state index in [9.17, 15) is 43.8 Å². The largest absolute Gasteiger partial charge is 0.481 e. The number of benzene rings is 1. The Balaban J connectivity index is 1.90. The van der Waals surface area contributed by atoms with Crippen LogP contribution in [0.25, 0.3) is 10.9 Å². The van der Waals surface area contributed by atoms with Gasteiger partial charge in [-0.15, -0.1) is 11.8 Å². The number of thioether (sulfide) groups is 1. The summed E-state index contributed by atoms with van der Waals surface area (Å²) in [7, 11) is 0. The third-order valence-electron chi connectivity index (χ3n) is 6.91. The Morgan fingerprint density at radius 3 is 2.30 bits per heavy atom. The molecule has 4 atom stereocenters. The number of aromatic amines is 1. The maximum atomic E-state index is 13.6. The van der Waals surface area contributed by atoms with Gasteiger partial charge in [-0.05, 0) is 24.5 Å². The second-order valence-electron chi connectivity index (χ2n) is 10.5. The van der Waals surface area contributed by atoms with Crippen LogP contribution in [0.1, 0.15) is 24.8 Å². The molecular formula is C28H37N9O9S. The molecule has 254 valence electrons. The van der Waals surface area contributed by atoms with Crippen molar-refractivity contribution in [2.24, 2.45) is 16.5 Å². The number of aromatic nitrogens is 1. The second kappa shape index (κ2) is 17.4. The summed E-state index contributed by atoms with van der Waals surface area (Å²) in [6.07, 6.45) is 1.11. The zero-order valence-corrected chi connectivity index (χ0v) is 25.9. The van der Waals surface area contributed by atoms with Crippen molar-refractivity contribution in [1.29, 1.82) is 0 Å². The molecule has 1 fully saturated rings. The Bertz CT molecular complexity index is 1530. The zero-order chi connectivity index (χ0) is 34.5. The third kappa shape index (κ3) is 11.5. The average Bonchev–Trinajstić information content (AvgIpc) is 3.41. The number of H-pyrrole nitrogens is 1. The van der Waals surface area contributed by atoms with Crippen molar-refractivity contribution in [2.45, 2.75) is 49.9 Å². The number of carbonyl (C=O) groups excluding carboxylic acids is 5. The average molecular weight is 676 g/mol. The molecule has 5 amide bonds. The molecule has 1 saturated heterocycles. The van der Waals surface area contributed by atoms with Crippen LogP contribution in [-0.2, 0) is 40.0 Å². The van der Waals surface area contributed by atoms with E-state index in [2.05, 4.69) is 36.6 Å². The lowest BCUT2D eigenvalue weighted by Crippen LogP contribution is -2.57. The molecule has 0 radical (unpaired) electrons. The first-order valence-corrected chi connectivity index (χ1v) is 15.6. The molecule has 3 rings (SSSR count). The fourth-order valence-corrected chi connectivity index (χ4v) is 5.49. The molecule has 12 N–H and O–H groups in total. The first-order chi connectivity index (χ1) is 22.3. The first kappa shape index (κ1) is 36.1. The SMILES string of the molecule is NC(N)=NCCC[C@@H]1NC(=O)[C@H](Cc2c[nH]c3ccccc23)NC(=O)CSC[C@@H](C(=O)O)NC(=O)[C@H](CC(=O)O)NC(=O)CNC1=O. The monoisotopic (exact) mass is 675 g/mol. The number of nitrogens with two attached hydrogens (primary N) is 2. The Morgan fingerprint density at radius 1 is 0.894 bits per heavy atom. The van der Waals surface area contributed by atoms with Crippen LogP contribution in [0.4, 0.5) is 0 Å². The number of guanidine groups is 1. The van der Waals surface area contributed by atoms with Crippen LogP contribution >= 0.6 is 11.8 Å². The Hall–Kier alpha value is -5.33. The van der Waals surface area contributed by atoms with Gasteiger partial charge in [-0.25, -0.2) is 4.79 Å². The molecule has 19 heteroatoms. The molecule has 0 unspecified atom stereocenters. The van der Waals surface area contributed by atoms with Crippen molar-refractivity contribution in [3.63, 3.8) is 0 Å². The van der Waals surface area contributed by atoms with Crippen molar-refractivity contribution < 1.29 is 43.8 Å². The van der Waals surface area contributed by atoms with Crippen molar-refractivity contribution in [3.8, 4) is 0 Å². The smallest absolute Gasteiger partial charge is 0.327 e. The molecule has 1 aliphatic rings. The fourth-order valence-electron chi connectivity index (χ4n) is 4.65. The van der Waals surface area contributed by atoms with Crippen molar-refractivity contribution in [1.82, 2.24) is 31.6 Å². The number of carbonyl (C=O) groups is 7. The molecule has 0 aliphatic carbocycles. The maximum Gasteiger partial charge on any atom is 0.327 e. The number of carboxylic acids is 2. The van der Waals surface area contributed by atoms with Gasteiger partial charge in [-0.2, -0.15) is 0 Å². The van der Waals surface area contributed by atoms with Gasteiger partial charge in [0, 0.05) is 35.8 Å².